The lowest BCUT2D eigenvalue weighted by Gasteiger charge is -2.09. The van der Waals surface area contributed by atoms with Gasteiger partial charge in [-0.1, -0.05) is 30.3 Å². The predicted molar refractivity (Wildman–Crippen MR) is 88.0 cm³/mol. The number of carboxylic acids is 1. The minimum absolute atomic E-state index is 0.0777. The Bertz CT molecular complexity index is 857. The maximum absolute atomic E-state index is 11.6. The fraction of sp³-hybridized carbons (Fsp3) is 0.188. The highest BCUT2D eigenvalue weighted by molar-refractivity contribution is 9.10. The van der Waals surface area contributed by atoms with E-state index >= 15 is 0 Å². The van der Waals surface area contributed by atoms with Gasteiger partial charge in [-0.3, -0.25) is 0 Å². The van der Waals surface area contributed by atoms with Crippen molar-refractivity contribution in [2.75, 3.05) is 0 Å². The molecule has 0 aliphatic carbocycles. The summed E-state index contributed by atoms with van der Waals surface area (Å²) in [6.07, 6.45) is 0. The van der Waals surface area contributed by atoms with Crippen molar-refractivity contribution < 1.29 is 9.90 Å². The molecule has 5 nitrogen and oxygen atoms in total. The highest BCUT2D eigenvalue weighted by atomic mass is 79.9. The Kier molecular flexibility index (Phi) is 3.70. The van der Waals surface area contributed by atoms with E-state index in [0.717, 1.165) is 5.56 Å². The van der Waals surface area contributed by atoms with Crippen LogP contribution < -0.4 is 0 Å². The van der Waals surface area contributed by atoms with Gasteiger partial charge in [0.25, 0.3) is 0 Å². The van der Waals surface area contributed by atoms with Gasteiger partial charge < -0.3 is 5.11 Å². The zero-order chi connectivity index (χ0) is 15.9. The first kappa shape index (κ1) is 14.7. The van der Waals surface area contributed by atoms with Gasteiger partial charge in [-0.05, 0) is 35.8 Å². The Morgan fingerprint density at radius 3 is 2.55 bits per heavy atom. The molecule has 112 valence electrons. The maximum Gasteiger partial charge on any atom is 0.336 e. The van der Waals surface area contributed by atoms with Crippen molar-refractivity contribution in [1.82, 2.24) is 14.8 Å². The molecule has 0 unspecified atom stereocenters. The van der Waals surface area contributed by atoms with Gasteiger partial charge in [0.1, 0.15) is 4.60 Å². The van der Waals surface area contributed by atoms with E-state index in [1.165, 1.54) is 0 Å². The number of rotatable bonds is 3. The number of aromatic carboxylic acids is 1. The van der Waals surface area contributed by atoms with E-state index in [0.29, 0.717) is 21.3 Å². The number of nitrogens with zero attached hydrogens (tertiary/aromatic N) is 3. The normalized spacial score (nSPS) is 11.3. The first-order valence-electron chi connectivity index (χ1n) is 6.86. The largest absolute Gasteiger partial charge is 0.478 e. The number of carboxylic acid groups (broad SMARTS) is 1. The lowest BCUT2D eigenvalue weighted by molar-refractivity contribution is 0.0699. The summed E-state index contributed by atoms with van der Waals surface area (Å²) in [4.78, 5) is 16.3. The van der Waals surface area contributed by atoms with Crippen LogP contribution in [0, 0.1) is 0 Å². The second-order valence-electron chi connectivity index (χ2n) is 5.25. The standard InChI is InChI=1S/C16H14BrN3O2/c1-9(2)20-15-13(14(17)19-20)11(16(21)22)8-12(18-15)10-6-4-3-5-7-10/h3-9H,1-2H3,(H,21,22). The third-order valence-electron chi connectivity index (χ3n) is 3.41. The molecule has 0 spiro atoms. The molecule has 1 aromatic carbocycles. The minimum Gasteiger partial charge on any atom is -0.478 e. The second kappa shape index (κ2) is 5.53. The molecule has 1 N–H and O–H groups in total. The Morgan fingerprint density at radius 2 is 1.95 bits per heavy atom. The summed E-state index contributed by atoms with van der Waals surface area (Å²) in [5, 5.41) is 14.4. The number of benzene rings is 1. The van der Waals surface area contributed by atoms with Gasteiger partial charge in [0.15, 0.2) is 5.65 Å². The van der Waals surface area contributed by atoms with Crippen molar-refractivity contribution in [2.45, 2.75) is 19.9 Å². The van der Waals surface area contributed by atoms with Crippen LogP contribution in [-0.4, -0.2) is 25.8 Å². The van der Waals surface area contributed by atoms with Crippen molar-refractivity contribution in [2.24, 2.45) is 0 Å². The molecule has 6 heteroatoms. The lowest BCUT2D eigenvalue weighted by atomic mass is 10.1. The second-order valence-corrected chi connectivity index (χ2v) is 6.01. The average molecular weight is 360 g/mol. The minimum atomic E-state index is -0.992. The fourth-order valence-electron chi connectivity index (χ4n) is 2.38. The highest BCUT2D eigenvalue weighted by Crippen LogP contribution is 2.31. The van der Waals surface area contributed by atoms with Gasteiger partial charge in [-0.2, -0.15) is 5.10 Å². The molecule has 3 rings (SSSR count). The van der Waals surface area contributed by atoms with Gasteiger partial charge in [-0.25, -0.2) is 14.5 Å². The van der Waals surface area contributed by atoms with Crippen LogP contribution >= 0.6 is 15.9 Å². The van der Waals surface area contributed by atoms with E-state index < -0.39 is 5.97 Å². The molecule has 0 radical (unpaired) electrons. The molecule has 0 amide bonds. The molecule has 22 heavy (non-hydrogen) atoms. The Labute approximate surface area is 135 Å². The monoisotopic (exact) mass is 359 g/mol. The molecule has 2 heterocycles. The molecule has 0 atom stereocenters. The zero-order valence-electron chi connectivity index (χ0n) is 12.1. The van der Waals surface area contributed by atoms with Crippen molar-refractivity contribution in [1.29, 1.82) is 0 Å². The van der Waals surface area contributed by atoms with E-state index in [4.69, 9.17) is 0 Å². The molecular formula is C16H14BrN3O2. The zero-order valence-corrected chi connectivity index (χ0v) is 13.7. The van der Waals surface area contributed by atoms with E-state index in [1.54, 1.807) is 10.7 Å². The molecule has 3 aromatic rings. The Balaban J connectivity index is 2.38. The van der Waals surface area contributed by atoms with Gasteiger partial charge in [0, 0.05) is 11.6 Å². The molecule has 2 aromatic heterocycles. The van der Waals surface area contributed by atoms with Crippen LogP contribution in [0.4, 0.5) is 0 Å². The van der Waals surface area contributed by atoms with Crippen LogP contribution in [-0.2, 0) is 0 Å². The van der Waals surface area contributed by atoms with Crippen LogP contribution in [0.5, 0.6) is 0 Å². The molecule has 0 aliphatic heterocycles. The summed E-state index contributed by atoms with van der Waals surface area (Å²) in [6.45, 7) is 3.96. The van der Waals surface area contributed by atoms with E-state index in [-0.39, 0.29) is 11.6 Å². The predicted octanol–water partition coefficient (Wildman–Crippen LogP) is 4.14. The van der Waals surface area contributed by atoms with Gasteiger partial charge >= 0.3 is 5.97 Å². The summed E-state index contributed by atoms with van der Waals surface area (Å²) >= 11 is 3.35. The van der Waals surface area contributed by atoms with Crippen molar-refractivity contribution in [3.8, 4) is 11.3 Å². The number of pyridine rings is 1. The molecule has 0 aliphatic rings. The fourth-order valence-corrected chi connectivity index (χ4v) is 2.94. The van der Waals surface area contributed by atoms with Gasteiger partial charge in [-0.15, -0.1) is 0 Å². The van der Waals surface area contributed by atoms with Crippen molar-refractivity contribution in [3.63, 3.8) is 0 Å². The van der Waals surface area contributed by atoms with Crippen molar-refractivity contribution >= 4 is 32.9 Å². The summed E-state index contributed by atoms with van der Waals surface area (Å²) in [5.74, 6) is -0.992. The number of aromatic nitrogens is 3. The lowest BCUT2D eigenvalue weighted by Crippen LogP contribution is -2.05. The van der Waals surface area contributed by atoms with E-state index in [1.807, 2.05) is 44.2 Å². The summed E-state index contributed by atoms with van der Waals surface area (Å²) < 4.78 is 2.24. The quantitative estimate of drug-likeness (QED) is 0.762. The summed E-state index contributed by atoms with van der Waals surface area (Å²) in [6, 6.07) is 11.2. The third kappa shape index (κ3) is 2.39. The first-order chi connectivity index (χ1) is 10.5. The number of hydrogen-bond donors (Lipinski definition) is 1. The number of fused-ring (bicyclic) bond motifs is 1. The van der Waals surface area contributed by atoms with Crippen LogP contribution in [0.25, 0.3) is 22.3 Å². The van der Waals surface area contributed by atoms with Gasteiger partial charge in [0.05, 0.1) is 16.6 Å². The van der Waals surface area contributed by atoms with Crippen LogP contribution in [0.1, 0.15) is 30.2 Å². The highest BCUT2D eigenvalue weighted by Gasteiger charge is 2.21. The Hall–Kier alpha value is -2.21. The maximum atomic E-state index is 11.6. The smallest absolute Gasteiger partial charge is 0.336 e. The third-order valence-corrected chi connectivity index (χ3v) is 3.96. The molecule has 0 bridgehead atoms. The first-order valence-corrected chi connectivity index (χ1v) is 7.66. The van der Waals surface area contributed by atoms with Gasteiger partial charge in [0.2, 0.25) is 0 Å². The summed E-state index contributed by atoms with van der Waals surface area (Å²) in [5.41, 5.74) is 2.27. The number of hydrogen-bond acceptors (Lipinski definition) is 3. The molecular weight excluding hydrogens is 346 g/mol. The number of carbonyl (C=O) groups is 1. The summed E-state index contributed by atoms with van der Waals surface area (Å²) in [7, 11) is 0. The van der Waals surface area contributed by atoms with E-state index in [9.17, 15) is 9.90 Å². The van der Waals surface area contributed by atoms with Crippen LogP contribution in [0.2, 0.25) is 0 Å². The average Bonchev–Trinajstić information content (AvgIpc) is 2.84. The van der Waals surface area contributed by atoms with Crippen LogP contribution in [0.3, 0.4) is 0 Å². The molecule has 0 saturated carbocycles. The molecule has 0 saturated heterocycles. The SMILES string of the molecule is CC(C)n1nc(Br)c2c(C(=O)O)cc(-c3ccccc3)nc21. The van der Waals surface area contributed by atoms with Crippen molar-refractivity contribution in [3.05, 3.63) is 46.6 Å². The topological polar surface area (TPSA) is 68.0 Å². The molecule has 0 fully saturated rings. The van der Waals surface area contributed by atoms with Crippen LogP contribution in [0.15, 0.2) is 41.0 Å². The number of halogens is 1. The Morgan fingerprint density at radius 1 is 1.27 bits per heavy atom. The van der Waals surface area contributed by atoms with E-state index in [2.05, 4.69) is 26.0 Å².